The molecule has 5 atom stereocenters. The van der Waals surface area contributed by atoms with Crippen LogP contribution in [0.15, 0.2) is 42.5 Å². The van der Waals surface area contributed by atoms with E-state index in [1.807, 2.05) is 56.4 Å². The van der Waals surface area contributed by atoms with Crippen molar-refractivity contribution < 1.29 is 29.0 Å². The highest BCUT2D eigenvalue weighted by Crippen LogP contribution is 2.53. The number of carbonyl (C=O) groups excluding carboxylic acids is 3. The van der Waals surface area contributed by atoms with E-state index in [9.17, 15) is 14.4 Å². The Kier molecular flexibility index (Phi) is 8.24. The molecule has 8 nitrogen and oxygen atoms in total. The third kappa shape index (κ3) is 4.93. The number of benzene rings is 1. The van der Waals surface area contributed by atoms with Crippen LogP contribution in [0.3, 0.4) is 0 Å². The predicted octanol–water partition coefficient (Wildman–Crippen LogP) is 3.62. The average molecular weight is 537 g/mol. The number of likely N-dealkylation sites (tertiary alicyclic amines) is 1. The van der Waals surface area contributed by atoms with Gasteiger partial charge in [-0.05, 0) is 57.1 Å². The van der Waals surface area contributed by atoms with E-state index in [2.05, 4.69) is 0 Å². The van der Waals surface area contributed by atoms with E-state index in [1.54, 1.807) is 9.80 Å². The molecule has 2 amide bonds. The number of para-hydroxylation sites is 1. The molecule has 5 rings (SSSR count). The van der Waals surface area contributed by atoms with Crippen molar-refractivity contribution in [2.24, 2.45) is 11.8 Å². The quantitative estimate of drug-likeness (QED) is 0.325. The van der Waals surface area contributed by atoms with Gasteiger partial charge in [0.25, 0.3) is 5.91 Å². The van der Waals surface area contributed by atoms with Crippen LogP contribution < -0.4 is 4.90 Å². The van der Waals surface area contributed by atoms with E-state index in [0.29, 0.717) is 32.5 Å². The van der Waals surface area contributed by atoms with Gasteiger partial charge >= 0.3 is 5.97 Å². The zero-order valence-electron chi connectivity index (χ0n) is 23.0. The fraction of sp³-hybridized carbons (Fsp3) is 0.581. The van der Waals surface area contributed by atoms with Crippen LogP contribution in [0.1, 0.15) is 56.1 Å². The highest BCUT2D eigenvalue weighted by Gasteiger charge is 2.71. The molecule has 1 aromatic rings. The van der Waals surface area contributed by atoms with E-state index in [1.165, 1.54) is 0 Å². The molecule has 0 bridgehead atoms. The Balaban J connectivity index is 1.56. The normalized spacial score (nSPS) is 31.4. The predicted molar refractivity (Wildman–Crippen MR) is 147 cm³/mol. The summed E-state index contributed by atoms with van der Waals surface area (Å²) in [4.78, 5) is 45.6. The number of carbonyl (C=O) groups is 3. The van der Waals surface area contributed by atoms with E-state index < -0.39 is 35.6 Å². The molecule has 39 heavy (non-hydrogen) atoms. The maximum atomic E-state index is 14.5. The van der Waals surface area contributed by atoms with Gasteiger partial charge in [0.15, 0.2) is 0 Å². The Bertz CT molecular complexity index is 1140. The number of cyclic esters (lactones) is 1. The number of amides is 2. The van der Waals surface area contributed by atoms with Gasteiger partial charge in [0, 0.05) is 25.4 Å². The summed E-state index contributed by atoms with van der Waals surface area (Å²) in [7, 11) is 0. The number of hydrogen-bond acceptors (Lipinski definition) is 6. The molecule has 1 spiro atoms. The minimum Gasteiger partial charge on any atom is -0.465 e. The lowest BCUT2D eigenvalue weighted by atomic mass is 9.78. The number of unbranched alkanes of at least 4 members (excludes halogenated alkanes) is 3. The second kappa shape index (κ2) is 11.6. The summed E-state index contributed by atoms with van der Waals surface area (Å²) in [5, 5.41) is 9.16. The van der Waals surface area contributed by atoms with Gasteiger partial charge in [-0.2, -0.15) is 0 Å². The molecule has 0 aliphatic carbocycles. The maximum absolute atomic E-state index is 14.5. The Morgan fingerprint density at radius 1 is 1.00 bits per heavy atom. The molecule has 8 heteroatoms. The van der Waals surface area contributed by atoms with Crippen LogP contribution in [0.25, 0.3) is 0 Å². The summed E-state index contributed by atoms with van der Waals surface area (Å²) in [5.74, 6) is -2.48. The fourth-order valence-corrected chi connectivity index (χ4v) is 6.84. The number of anilines is 1. The van der Waals surface area contributed by atoms with Crippen molar-refractivity contribution in [2.45, 2.75) is 76.5 Å². The number of hydrogen-bond donors (Lipinski definition) is 1. The first-order valence-corrected chi connectivity index (χ1v) is 14.4. The van der Waals surface area contributed by atoms with Crippen LogP contribution in [-0.4, -0.2) is 71.8 Å². The van der Waals surface area contributed by atoms with Gasteiger partial charge in [0.2, 0.25) is 5.91 Å². The number of ether oxygens (including phenoxy) is 2. The first-order chi connectivity index (χ1) is 18.9. The lowest BCUT2D eigenvalue weighted by Crippen LogP contribution is -2.55. The monoisotopic (exact) mass is 536 g/mol. The van der Waals surface area contributed by atoms with Crippen molar-refractivity contribution in [2.75, 3.05) is 31.2 Å². The van der Waals surface area contributed by atoms with Gasteiger partial charge in [0.1, 0.15) is 17.6 Å². The topological polar surface area (TPSA) is 96.4 Å². The average Bonchev–Trinajstić information content (AvgIpc) is 3.29. The van der Waals surface area contributed by atoms with Crippen LogP contribution in [0.2, 0.25) is 0 Å². The number of esters is 1. The summed E-state index contributed by atoms with van der Waals surface area (Å²) in [6.07, 6.45) is 12.7. The minimum absolute atomic E-state index is 0.136. The van der Waals surface area contributed by atoms with Crippen molar-refractivity contribution in [1.29, 1.82) is 0 Å². The van der Waals surface area contributed by atoms with Gasteiger partial charge in [-0.15, -0.1) is 0 Å². The van der Waals surface area contributed by atoms with E-state index >= 15 is 0 Å². The molecular weight excluding hydrogens is 496 g/mol. The molecule has 0 radical (unpaired) electrons. The van der Waals surface area contributed by atoms with Gasteiger partial charge in [-0.1, -0.05) is 55.3 Å². The molecule has 1 N–H and O–H groups in total. The van der Waals surface area contributed by atoms with Crippen LogP contribution in [0.5, 0.6) is 0 Å². The maximum Gasteiger partial charge on any atom is 0.312 e. The van der Waals surface area contributed by atoms with Gasteiger partial charge < -0.3 is 24.4 Å². The molecule has 210 valence electrons. The van der Waals surface area contributed by atoms with E-state index in [-0.39, 0.29) is 18.4 Å². The van der Waals surface area contributed by atoms with Crippen molar-refractivity contribution in [1.82, 2.24) is 4.90 Å². The second-order valence-corrected chi connectivity index (χ2v) is 11.2. The zero-order chi connectivity index (χ0) is 27.6. The second-order valence-electron chi connectivity index (χ2n) is 11.2. The number of nitrogens with zero attached hydrogens (tertiary/aromatic N) is 2. The minimum atomic E-state index is -1.25. The molecule has 1 unspecified atom stereocenters. The Morgan fingerprint density at radius 3 is 2.54 bits per heavy atom. The third-order valence-electron chi connectivity index (χ3n) is 8.62. The van der Waals surface area contributed by atoms with Crippen LogP contribution in [-0.2, 0) is 23.9 Å². The molecular formula is C31H40N2O6. The summed E-state index contributed by atoms with van der Waals surface area (Å²) < 4.78 is 12.3. The molecule has 0 aromatic heterocycles. The number of fused-ring (bicyclic) bond motifs is 2. The van der Waals surface area contributed by atoms with Gasteiger partial charge in [-0.25, -0.2) is 0 Å². The molecule has 4 aliphatic rings. The zero-order valence-corrected chi connectivity index (χ0v) is 23.0. The van der Waals surface area contributed by atoms with Gasteiger partial charge in [-0.3, -0.25) is 14.4 Å². The molecule has 4 heterocycles. The summed E-state index contributed by atoms with van der Waals surface area (Å²) in [6, 6.07) is 5.06. The number of allylic oxidation sites excluding steroid dienone is 1. The smallest absolute Gasteiger partial charge is 0.312 e. The molecule has 2 saturated heterocycles. The number of aliphatic hydroxyl groups excluding tert-OH is 1. The fourth-order valence-electron chi connectivity index (χ4n) is 6.84. The molecule has 1 aromatic carbocycles. The van der Waals surface area contributed by atoms with E-state index in [0.717, 1.165) is 48.9 Å². The standard InChI is InChI=1S/C31H40N2O6/c1-21-13-11-14-22(2)26(21)32-18-12-16-31-25(24-23(39-31)15-7-3-6-10-20-38-30(24)37)28(35)33(27(31)29(32)36)17-8-4-5-9-19-34/h7,11-16,23-25,27,34H,3-6,8-10,17-20H2,1-2H3/b15-7-/t23-,24+,25-,27?,31-/m0/s1. The van der Waals surface area contributed by atoms with Crippen LogP contribution in [0, 0.1) is 25.7 Å². The molecule has 0 saturated carbocycles. The SMILES string of the molecule is Cc1cccc(C)c1N1CC=C[C@]23O[C@H]4/C=C\CCCCOC(=O)[C@H]4[C@H]2C(=O)N(CCCCCCO)C3C1=O. The highest BCUT2D eigenvalue weighted by atomic mass is 16.6. The summed E-state index contributed by atoms with van der Waals surface area (Å²) in [5.41, 5.74) is 1.56. The van der Waals surface area contributed by atoms with Crippen molar-refractivity contribution >= 4 is 23.5 Å². The Morgan fingerprint density at radius 2 is 1.77 bits per heavy atom. The largest absolute Gasteiger partial charge is 0.465 e. The third-order valence-corrected chi connectivity index (χ3v) is 8.62. The Labute approximate surface area is 230 Å². The molecule has 2 fully saturated rings. The Hall–Kier alpha value is -2.97. The first-order valence-electron chi connectivity index (χ1n) is 14.4. The van der Waals surface area contributed by atoms with Crippen molar-refractivity contribution in [3.05, 3.63) is 53.6 Å². The highest BCUT2D eigenvalue weighted by molar-refractivity contribution is 6.06. The number of aliphatic hydroxyl groups is 1. The van der Waals surface area contributed by atoms with Crippen LogP contribution >= 0.6 is 0 Å². The van der Waals surface area contributed by atoms with Crippen LogP contribution in [0.4, 0.5) is 5.69 Å². The summed E-state index contributed by atoms with van der Waals surface area (Å²) in [6.45, 7) is 5.17. The van der Waals surface area contributed by atoms with E-state index in [4.69, 9.17) is 14.6 Å². The summed E-state index contributed by atoms with van der Waals surface area (Å²) >= 11 is 0. The van der Waals surface area contributed by atoms with Gasteiger partial charge in [0.05, 0.1) is 18.6 Å². The lowest BCUT2D eigenvalue weighted by molar-refractivity contribution is -0.154. The van der Waals surface area contributed by atoms with Crippen molar-refractivity contribution in [3.63, 3.8) is 0 Å². The number of aryl methyl sites for hydroxylation is 2. The molecule has 4 aliphatic heterocycles. The van der Waals surface area contributed by atoms with Crippen molar-refractivity contribution in [3.8, 4) is 0 Å². The number of rotatable bonds is 7. The lowest BCUT2D eigenvalue weighted by Gasteiger charge is -2.36. The first kappa shape index (κ1) is 27.6.